The highest BCUT2D eigenvalue weighted by atomic mass is 35.5. The van der Waals surface area contributed by atoms with Gasteiger partial charge in [0.25, 0.3) is 0 Å². The van der Waals surface area contributed by atoms with Gasteiger partial charge >= 0.3 is 6.18 Å². The first-order valence-electron chi connectivity index (χ1n) is 5.66. The van der Waals surface area contributed by atoms with E-state index in [1.807, 2.05) is 0 Å². The zero-order valence-electron chi connectivity index (χ0n) is 9.77. The zero-order valence-corrected chi connectivity index (χ0v) is 11.3. The van der Waals surface area contributed by atoms with E-state index in [1.165, 1.54) is 17.8 Å². The Bertz CT molecular complexity index is 448. The van der Waals surface area contributed by atoms with E-state index in [2.05, 4.69) is 5.32 Å². The summed E-state index contributed by atoms with van der Waals surface area (Å²) in [4.78, 5) is 0. The van der Waals surface area contributed by atoms with Gasteiger partial charge in [-0.15, -0.1) is 0 Å². The van der Waals surface area contributed by atoms with E-state index < -0.39 is 11.7 Å². The van der Waals surface area contributed by atoms with E-state index in [4.69, 9.17) is 11.6 Å². The predicted molar refractivity (Wildman–Crippen MR) is 70.4 cm³/mol. The normalized spacial score (nSPS) is 20.6. The highest BCUT2D eigenvalue weighted by molar-refractivity contribution is 7.99. The molecule has 0 saturated heterocycles. The lowest BCUT2D eigenvalue weighted by atomic mass is 10.0. The Labute approximate surface area is 113 Å². The van der Waals surface area contributed by atoms with Gasteiger partial charge in [-0.3, -0.25) is 0 Å². The van der Waals surface area contributed by atoms with Crippen molar-refractivity contribution in [1.82, 2.24) is 0 Å². The maximum atomic E-state index is 13.0. The van der Waals surface area contributed by atoms with Crippen molar-refractivity contribution in [2.24, 2.45) is 0 Å². The van der Waals surface area contributed by atoms with Crippen LogP contribution in [0.3, 0.4) is 0 Å². The van der Waals surface area contributed by atoms with Crippen LogP contribution in [0.1, 0.15) is 29.7 Å². The van der Waals surface area contributed by atoms with Gasteiger partial charge in [-0.05, 0) is 31.2 Å². The minimum absolute atomic E-state index is 0.219. The van der Waals surface area contributed by atoms with Gasteiger partial charge in [-0.2, -0.15) is 24.9 Å². The summed E-state index contributed by atoms with van der Waals surface area (Å²) >= 11 is 7.55. The molecule has 0 amide bonds. The molecular formula is C12H13ClF3NS. The summed E-state index contributed by atoms with van der Waals surface area (Å²) in [6.07, 6.45) is -3.43. The van der Waals surface area contributed by atoms with Crippen molar-refractivity contribution >= 4 is 29.1 Å². The second kappa shape index (κ2) is 5.21. The molecule has 0 aromatic heterocycles. The fourth-order valence-electron chi connectivity index (χ4n) is 2.07. The molecule has 0 aliphatic carbocycles. The van der Waals surface area contributed by atoms with Gasteiger partial charge in [0, 0.05) is 17.4 Å². The minimum atomic E-state index is -4.34. The van der Waals surface area contributed by atoms with Crippen LogP contribution in [-0.4, -0.2) is 12.3 Å². The Morgan fingerprint density at radius 2 is 2.11 bits per heavy atom. The lowest BCUT2D eigenvalue weighted by Gasteiger charge is -2.25. The van der Waals surface area contributed by atoms with Crippen molar-refractivity contribution in [2.45, 2.75) is 24.8 Å². The number of thioether (sulfide) groups is 1. The Morgan fingerprint density at radius 1 is 1.39 bits per heavy atom. The smallest absolute Gasteiger partial charge is 0.384 e. The maximum Gasteiger partial charge on any atom is 0.416 e. The second-order valence-corrected chi connectivity index (χ2v) is 6.03. The summed E-state index contributed by atoms with van der Waals surface area (Å²) in [6.45, 7) is 2.44. The second-order valence-electron chi connectivity index (χ2n) is 4.17. The SMILES string of the molecule is CC1SCCCNc2c(Cl)ccc(C(F)(F)F)c21. The molecular weight excluding hydrogens is 283 g/mol. The van der Waals surface area contributed by atoms with E-state index in [9.17, 15) is 13.2 Å². The van der Waals surface area contributed by atoms with E-state index in [1.54, 1.807) is 6.92 Å². The molecule has 1 heterocycles. The summed E-state index contributed by atoms with van der Waals surface area (Å²) in [5.74, 6) is 0.845. The van der Waals surface area contributed by atoms with Crippen LogP contribution in [0.15, 0.2) is 12.1 Å². The average molecular weight is 296 g/mol. The molecule has 2 rings (SSSR count). The van der Waals surface area contributed by atoms with E-state index in [0.29, 0.717) is 17.3 Å². The molecule has 0 saturated carbocycles. The number of nitrogens with one attached hydrogen (secondary N) is 1. The molecule has 1 aromatic carbocycles. The molecule has 1 unspecified atom stereocenters. The van der Waals surface area contributed by atoms with Crippen molar-refractivity contribution in [3.05, 3.63) is 28.3 Å². The largest absolute Gasteiger partial charge is 0.416 e. The van der Waals surface area contributed by atoms with Crippen LogP contribution >= 0.6 is 23.4 Å². The number of alkyl halides is 3. The van der Waals surface area contributed by atoms with Crippen LogP contribution in [0.5, 0.6) is 0 Å². The summed E-state index contributed by atoms with van der Waals surface area (Å²) in [5, 5.41) is 3.17. The van der Waals surface area contributed by atoms with Gasteiger partial charge in [0.05, 0.1) is 16.3 Å². The van der Waals surface area contributed by atoms with E-state index in [0.717, 1.165) is 18.2 Å². The van der Waals surface area contributed by atoms with Crippen molar-refractivity contribution < 1.29 is 13.2 Å². The molecule has 0 bridgehead atoms. The summed E-state index contributed by atoms with van der Waals surface area (Å²) in [7, 11) is 0. The van der Waals surface area contributed by atoms with Crippen molar-refractivity contribution in [3.63, 3.8) is 0 Å². The molecule has 1 N–H and O–H groups in total. The summed E-state index contributed by atoms with van der Waals surface area (Å²) in [6, 6.07) is 2.39. The highest BCUT2D eigenvalue weighted by Gasteiger charge is 2.36. The number of hydrogen-bond donors (Lipinski definition) is 1. The lowest BCUT2D eigenvalue weighted by Crippen LogP contribution is -2.16. The third-order valence-corrected chi connectivity index (χ3v) is 4.47. The first-order valence-corrected chi connectivity index (χ1v) is 7.09. The Balaban J connectivity index is 2.60. The van der Waals surface area contributed by atoms with Gasteiger partial charge < -0.3 is 5.32 Å². The third kappa shape index (κ3) is 2.72. The molecule has 1 aliphatic heterocycles. The van der Waals surface area contributed by atoms with Gasteiger partial charge in [0.2, 0.25) is 0 Å². The molecule has 0 fully saturated rings. The van der Waals surface area contributed by atoms with Crippen LogP contribution < -0.4 is 5.32 Å². The molecule has 1 nitrogen and oxygen atoms in total. The van der Waals surface area contributed by atoms with Crippen molar-refractivity contribution in [1.29, 1.82) is 0 Å². The first-order chi connectivity index (χ1) is 8.41. The maximum absolute atomic E-state index is 13.0. The van der Waals surface area contributed by atoms with Crippen LogP contribution in [0.25, 0.3) is 0 Å². The molecule has 1 aliphatic rings. The van der Waals surface area contributed by atoms with Gasteiger partial charge in [-0.1, -0.05) is 11.6 Å². The average Bonchev–Trinajstić information content (AvgIpc) is 2.25. The molecule has 0 spiro atoms. The summed E-state index contributed by atoms with van der Waals surface area (Å²) < 4.78 is 39.1. The first kappa shape index (κ1) is 13.9. The Hall–Kier alpha value is -0.550. The number of anilines is 1. The van der Waals surface area contributed by atoms with Crippen LogP contribution in [0.2, 0.25) is 5.02 Å². The molecule has 100 valence electrons. The molecule has 1 atom stereocenters. The van der Waals surface area contributed by atoms with E-state index >= 15 is 0 Å². The number of hydrogen-bond acceptors (Lipinski definition) is 2. The van der Waals surface area contributed by atoms with Gasteiger partial charge in [-0.25, -0.2) is 0 Å². The minimum Gasteiger partial charge on any atom is -0.384 e. The van der Waals surface area contributed by atoms with Crippen molar-refractivity contribution in [3.8, 4) is 0 Å². The van der Waals surface area contributed by atoms with Crippen LogP contribution in [0, 0.1) is 0 Å². The molecule has 0 radical (unpaired) electrons. The highest BCUT2D eigenvalue weighted by Crippen LogP contribution is 2.46. The van der Waals surface area contributed by atoms with Crippen molar-refractivity contribution in [2.75, 3.05) is 17.6 Å². The fourth-order valence-corrected chi connectivity index (χ4v) is 3.38. The fraction of sp³-hybridized carbons (Fsp3) is 0.500. The predicted octanol–water partition coefficient (Wildman–Crippen LogP) is 4.97. The monoisotopic (exact) mass is 295 g/mol. The van der Waals surface area contributed by atoms with Gasteiger partial charge in [0.1, 0.15) is 0 Å². The number of rotatable bonds is 0. The quantitative estimate of drug-likeness (QED) is 0.725. The van der Waals surface area contributed by atoms with Gasteiger partial charge in [0.15, 0.2) is 0 Å². The van der Waals surface area contributed by atoms with Crippen LogP contribution in [-0.2, 0) is 6.18 Å². The topological polar surface area (TPSA) is 12.0 Å². The zero-order chi connectivity index (χ0) is 13.3. The van der Waals surface area contributed by atoms with Crippen LogP contribution in [0.4, 0.5) is 18.9 Å². The van der Waals surface area contributed by atoms with E-state index in [-0.39, 0.29) is 10.8 Å². The summed E-state index contributed by atoms with van der Waals surface area (Å²) in [5.41, 5.74) is 0.127. The number of fused-ring (bicyclic) bond motifs is 1. The third-order valence-electron chi connectivity index (χ3n) is 2.90. The molecule has 18 heavy (non-hydrogen) atoms. The lowest BCUT2D eigenvalue weighted by molar-refractivity contribution is -0.138. The Kier molecular flexibility index (Phi) is 4.02. The molecule has 1 aromatic rings. The number of halogens is 4. The molecule has 6 heteroatoms. The Morgan fingerprint density at radius 3 is 2.78 bits per heavy atom. The standard InChI is InChI=1S/C12H13ClF3NS/c1-7-10-8(12(14,15)16)3-4-9(13)11(10)17-5-2-6-18-7/h3-4,7,17H,2,5-6H2,1H3. The number of benzene rings is 1.